The SMILES string of the molecule is COC(=O)C1CC2(C)CC2N1C(=O)OC(C)(C)C. The predicted octanol–water partition coefficient (Wildman–Crippen LogP) is 1.95. The summed E-state index contributed by atoms with van der Waals surface area (Å²) in [5.41, 5.74) is -0.485. The van der Waals surface area contributed by atoms with E-state index in [1.807, 2.05) is 20.8 Å². The lowest BCUT2D eigenvalue weighted by molar-refractivity contribution is -0.146. The largest absolute Gasteiger partial charge is 0.467 e. The Balaban J connectivity index is 2.14. The maximum atomic E-state index is 12.2. The molecule has 0 aromatic carbocycles. The van der Waals surface area contributed by atoms with Crippen molar-refractivity contribution in [1.29, 1.82) is 0 Å². The van der Waals surface area contributed by atoms with Gasteiger partial charge in [-0.3, -0.25) is 4.90 Å². The van der Waals surface area contributed by atoms with E-state index >= 15 is 0 Å². The van der Waals surface area contributed by atoms with Gasteiger partial charge in [-0.05, 0) is 39.0 Å². The van der Waals surface area contributed by atoms with Crippen LogP contribution in [0.4, 0.5) is 4.79 Å². The number of esters is 1. The molecule has 18 heavy (non-hydrogen) atoms. The van der Waals surface area contributed by atoms with Crippen LogP contribution in [-0.4, -0.2) is 41.8 Å². The van der Waals surface area contributed by atoms with Crippen LogP contribution in [-0.2, 0) is 14.3 Å². The summed E-state index contributed by atoms with van der Waals surface area (Å²) in [6.07, 6.45) is 1.20. The predicted molar refractivity (Wildman–Crippen MR) is 65.0 cm³/mol. The zero-order valence-electron chi connectivity index (χ0n) is 11.6. The van der Waals surface area contributed by atoms with Crippen molar-refractivity contribution < 1.29 is 19.1 Å². The molecule has 0 N–H and O–H groups in total. The van der Waals surface area contributed by atoms with Crippen molar-refractivity contribution in [3.8, 4) is 0 Å². The van der Waals surface area contributed by atoms with Crippen LogP contribution in [0.3, 0.4) is 0 Å². The standard InChI is InChI=1S/C13H21NO4/c1-12(2,3)18-11(16)14-8(10(15)17-5)6-13(4)7-9(13)14/h8-9H,6-7H2,1-5H3. The molecule has 2 fully saturated rings. The number of fused-ring (bicyclic) bond motifs is 1. The van der Waals surface area contributed by atoms with Crippen molar-refractivity contribution >= 4 is 12.1 Å². The van der Waals surface area contributed by atoms with Gasteiger partial charge in [0.25, 0.3) is 0 Å². The summed E-state index contributed by atoms with van der Waals surface area (Å²) in [6.45, 7) is 7.55. The molecule has 1 saturated heterocycles. The molecule has 5 heteroatoms. The van der Waals surface area contributed by atoms with Gasteiger partial charge in [-0.25, -0.2) is 9.59 Å². The molecule has 0 bridgehead atoms. The van der Waals surface area contributed by atoms with Crippen LogP contribution in [0.25, 0.3) is 0 Å². The fourth-order valence-electron chi connectivity index (χ4n) is 2.70. The first-order chi connectivity index (χ1) is 8.18. The molecular weight excluding hydrogens is 234 g/mol. The van der Waals surface area contributed by atoms with Gasteiger partial charge < -0.3 is 9.47 Å². The average molecular weight is 255 g/mol. The Morgan fingerprint density at radius 3 is 2.39 bits per heavy atom. The van der Waals surface area contributed by atoms with E-state index in [1.54, 1.807) is 4.90 Å². The third-order valence-corrected chi connectivity index (χ3v) is 3.71. The number of amides is 1. The highest BCUT2D eigenvalue weighted by Gasteiger charge is 2.65. The minimum atomic E-state index is -0.550. The van der Waals surface area contributed by atoms with Crippen LogP contribution in [0.5, 0.6) is 0 Å². The van der Waals surface area contributed by atoms with Gasteiger partial charge in [0.15, 0.2) is 0 Å². The van der Waals surface area contributed by atoms with Crippen LogP contribution < -0.4 is 0 Å². The summed E-state index contributed by atoms with van der Waals surface area (Å²) in [5, 5.41) is 0. The Morgan fingerprint density at radius 2 is 1.89 bits per heavy atom. The first kappa shape index (κ1) is 13.2. The summed E-state index contributed by atoms with van der Waals surface area (Å²) < 4.78 is 10.1. The quantitative estimate of drug-likeness (QED) is 0.672. The number of methoxy groups -OCH3 is 1. The lowest BCUT2D eigenvalue weighted by Gasteiger charge is -2.29. The molecule has 3 atom stereocenters. The Hall–Kier alpha value is -1.26. The number of ether oxygens (including phenoxy) is 2. The number of hydrogen-bond acceptors (Lipinski definition) is 4. The van der Waals surface area contributed by atoms with Crippen LogP contribution in [0, 0.1) is 5.41 Å². The zero-order valence-corrected chi connectivity index (χ0v) is 11.6. The van der Waals surface area contributed by atoms with E-state index in [0.717, 1.165) is 6.42 Å². The van der Waals surface area contributed by atoms with E-state index in [0.29, 0.717) is 6.42 Å². The van der Waals surface area contributed by atoms with Crippen molar-refractivity contribution in [1.82, 2.24) is 4.90 Å². The van der Waals surface area contributed by atoms with Crippen molar-refractivity contribution in [3.05, 3.63) is 0 Å². The molecule has 1 amide bonds. The fourth-order valence-corrected chi connectivity index (χ4v) is 2.70. The molecular formula is C13H21NO4. The number of likely N-dealkylation sites (tertiary alicyclic amines) is 1. The smallest absolute Gasteiger partial charge is 0.411 e. The van der Waals surface area contributed by atoms with Gasteiger partial charge in [0.05, 0.1) is 7.11 Å². The van der Waals surface area contributed by atoms with Crippen LogP contribution >= 0.6 is 0 Å². The molecule has 1 aliphatic heterocycles. The first-order valence-corrected chi connectivity index (χ1v) is 6.27. The Bertz CT molecular complexity index is 387. The summed E-state index contributed by atoms with van der Waals surface area (Å²) in [7, 11) is 1.35. The molecule has 1 heterocycles. The topological polar surface area (TPSA) is 55.8 Å². The maximum absolute atomic E-state index is 12.2. The maximum Gasteiger partial charge on any atom is 0.411 e. The van der Waals surface area contributed by atoms with E-state index in [4.69, 9.17) is 9.47 Å². The molecule has 2 rings (SSSR count). The van der Waals surface area contributed by atoms with E-state index < -0.39 is 17.7 Å². The second kappa shape index (κ2) is 3.87. The summed E-state index contributed by atoms with van der Waals surface area (Å²) in [4.78, 5) is 25.5. The highest BCUT2D eigenvalue weighted by Crippen LogP contribution is 2.59. The van der Waals surface area contributed by atoms with E-state index in [-0.39, 0.29) is 17.4 Å². The highest BCUT2D eigenvalue weighted by atomic mass is 16.6. The fraction of sp³-hybridized carbons (Fsp3) is 0.846. The monoisotopic (exact) mass is 255 g/mol. The molecule has 1 aliphatic carbocycles. The number of carbonyl (C=O) groups is 2. The van der Waals surface area contributed by atoms with E-state index in [2.05, 4.69) is 6.92 Å². The van der Waals surface area contributed by atoms with Gasteiger partial charge in [-0.1, -0.05) is 6.92 Å². The number of carbonyl (C=O) groups excluding carboxylic acids is 2. The molecule has 0 aromatic heterocycles. The van der Waals surface area contributed by atoms with Crippen molar-refractivity contribution in [3.63, 3.8) is 0 Å². The normalized spacial score (nSPS) is 33.9. The molecule has 3 unspecified atom stereocenters. The van der Waals surface area contributed by atoms with Gasteiger partial charge in [-0.2, -0.15) is 0 Å². The van der Waals surface area contributed by atoms with Gasteiger partial charge in [-0.15, -0.1) is 0 Å². The van der Waals surface area contributed by atoms with Crippen LogP contribution in [0.1, 0.15) is 40.5 Å². The number of rotatable bonds is 1. The third kappa shape index (κ3) is 2.18. The van der Waals surface area contributed by atoms with Gasteiger partial charge in [0.2, 0.25) is 0 Å². The molecule has 0 radical (unpaired) electrons. The summed E-state index contributed by atoms with van der Waals surface area (Å²) >= 11 is 0. The second-order valence-corrected chi connectivity index (χ2v) is 6.50. The van der Waals surface area contributed by atoms with Crippen molar-refractivity contribution in [2.24, 2.45) is 5.41 Å². The lowest BCUT2D eigenvalue weighted by Crippen LogP contribution is -2.46. The van der Waals surface area contributed by atoms with E-state index in [9.17, 15) is 9.59 Å². The lowest BCUT2D eigenvalue weighted by atomic mass is 10.0. The average Bonchev–Trinajstić information content (AvgIpc) is 2.77. The van der Waals surface area contributed by atoms with Crippen molar-refractivity contribution in [2.75, 3.05) is 7.11 Å². The van der Waals surface area contributed by atoms with Gasteiger partial charge >= 0.3 is 12.1 Å². The summed E-state index contributed by atoms with van der Waals surface area (Å²) in [5.74, 6) is -0.353. The molecule has 102 valence electrons. The van der Waals surface area contributed by atoms with Gasteiger partial charge in [0, 0.05) is 6.04 Å². The third-order valence-electron chi connectivity index (χ3n) is 3.71. The Kier molecular flexibility index (Phi) is 2.83. The second-order valence-electron chi connectivity index (χ2n) is 6.50. The summed E-state index contributed by atoms with van der Waals surface area (Å²) in [6, 6.07) is -0.370. The van der Waals surface area contributed by atoms with Crippen molar-refractivity contribution in [2.45, 2.75) is 58.2 Å². The Labute approximate surface area is 107 Å². The molecule has 1 saturated carbocycles. The molecule has 5 nitrogen and oxygen atoms in total. The molecule has 0 aromatic rings. The van der Waals surface area contributed by atoms with E-state index in [1.165, 1.54) is 7.11 Å². The van der Waals surface area contributed by atoms with Crippen LogP contribution in [0.15, 0.2) is 0 Å². The molecule has 2 aliphatic rings. The number of hydrogen-bond donors (Lipinski definition) is 0. The number of piperidine rings is 1. The van der Waals surface area contributed by atoms with Gasteiger partial charge in [0.1, 0.15) is 11.6 Å². The van der Waals surface area contributed by atoms with Crippen LogP contribution in [0.2, 0.25) is 0 Å². The minimum Gasteiger partial charge on any atom is -0.467 e. The number of nitrogens with zero attached hydrogens (tertiary/aromatic N) is 1. The zero-order chi connectivity index (χ0) is 13.7. The first-order valence-electron chi connectivity index (χ1n) is 6.27. The molecule has 0 spiro atoms. The highest BCUT2D eigenvalue weighted by molar-refractivity contribution is 5.83. The Morgan fingerprint density at radius 1 is 1.28 bits per heavy atom. The minimum absolute atomic E-state index is 0.0652.